The Bertz CT molecular complexity index is 2640. The van der Waals surface area contributed by atoms with E-state index in [9.17, 15) is 14.7 Å². The molecule has 2 aliphatic heterocycles. The lowest BCUT2D eigenvalue weighted by Gasteiger charge is -2.50. The van der Waals surface area contributed by atoms with Crippen LogP contribution >= 0.6 is 27.5 Å². The Hall–Kier alpha value is -6.11. The number of fused-ring (bicyclic) bond motifs is 4. The van der Waals surface area contributed by atoms with E-state index < -0.39 is 46.8 Å². The molecule has 6 atom stereocenters. The van der Waals surface area contributed by atoms with Crippen LogP contribution in [-0.4, -0.2) is 49.9 Å². The number of methoxy groups -OCH3 is 1. The topological polar surface area (TPSA) is 132 Å². The number of carbonyl (C=O) groups excluding carboxylic acids is 4. The molecule has 0 bridgehead atoms. The minimum Gasteiger partial charge on any atom is -0.504 e. The number of benzene rings is 5. The molecule has 9 rings (SSSR count). The van der Waals surface area contributed by atoms with Crippen LogP contribution < -0.4 is 19.4 Å². The van der Waals surface area contributed by atoms with Crippen molar-refractivity contribution in [3.8, 4) is 11.5 Å². The zero-order valence-corrected chi connectivity index (χ0v) is 35.2. The number of azo groups is 1. The zero-order valence-electron chi connectivity index (χ0n) is 32.8. The number of rotatable bonds is 8. The minimum atomic E-state index is -1.57. The number of aromatic hydroxyl groups is 1. The normalized spacial score (nSPS) is 24.7. The highest BCUT2D eigenvalue weighted by molar-refractivity contribution is 9.10. The van der Waals surface area contributed by atoms with Crippen molar-refractivity contribution in [3.63, 3.8) is 0 Å². The summed E-state index contributed by atoms with van der Waals surface area (Å²) in [6.07, 6.45) is 2.27. The van der Waals surface area contributed by atoms with Crippen LogP contribution in [0.5, 0.6) is 11.5 Å². The van der Waals surface area contributed by atoms with Gasteiger partial charge in [0.1, 0.15) is 0 Å². The number of hydrogen-bond acceptors (Lipinski definition) is 9. The van der Waals surface area contributed by atoms with Crippen molar-refractivity contribution < 1.29 is 29.0 Å². The first-order valence-corrected chi connectivity index (χ1v) is 20.7. The van der Waals surface area contributed by atoms with Gasteiger partial charge in [0.25, 0.3) is 0 Å². The van der Waals surface area contributed by atoms with Gasteiger partial charge in [0.15, 0.2) is 11.5 Å². The predicted octanol–water partition coefficient (Wildman–Crippen LogP) is 9.67. The molecule has 2 aliphatic carbocycles. The van der Waals surface area contributed by atoms with Gasteiger partial charge in [0, 0.05) is 40.8 Å². The van der Waals surface area contributed by atoms with Gasteiger partial charge in [-0.3, -0.25) is 24.1 Å². The Morgan fingerprint density at radius 3 is 2.12 bits per heavy atom. The minimum absolute atomic E-state index is 0.105. The molecule has 4 aliphatic rings. The van der Waals surface area contributed by atoms with E-state index >= 15 is 9.59 Å². The van der Waals surface area contributed by atoms with E-state index in [-0.39, 0.29) is 36.2 Å². The van der Waals surface area contributed by atoms with Gasteiger partial charge in [-0.05, 0) is 103 Å². The molecule has 0 aromatic heterocycles. The number of halogens is 2. The summed E-state index contributed by atoms with van der Waals surface area (Å²) in [5, 5.41) is 21.1. The molecule has 302 valence electrons. The zero-order chi connectivity index (χ0) is 42.0. The summed E-state index contributed by atoms with van der Waals surface area (Å²) in [6.45, 7) is 0. The number of imide groups is 2. The van der Waals surface area contributed by atoms with E-state index in [1.165, 1.54) is 16.9 Å². The fourth-order valence-corrected chi connectivity index (χ4v) is 10.6. The van der Waals surface area contributed by atoms with E-state index in [0.717, 1.165) is 5.69 Å². The van der Waals surface area contributed by atoms with Gasteiger partial charge in [-0.2, -0.15) is 10.2 Å². The molecule has 3 fully saturated rings. The van der Waals surface area contributed by atoms with E-state index in [1.54, 1.807) is 60.7 Å². The molecule has 60 heavy (non-hydrogen) atoms. The number of carbonyl (C=O) groups is 4. The third-order valence-corrected chi connectivity index (χ3v) is 13.2. The van der Waals surface area contributed by atoms with Crippen LogP contribution in [0.2, 0.25) is 5.02 Å². The fraction of sp³-hybridized carbons (Fsp3) is 0.234. The van der Waals surface area contributed by atoms with E-state index in [0.29, 0.717) is 48.9 Å². The van der Waals surface area contributed by atoms with E-state index in [2.05, 4.69) is 26.2 Å². The summed E-state index contributed by atoms with van der Waals surface area (Å²) in [7, 11) is 5.36. The highest BCUT2D eigenvalue weighted by Crippen LogP contribution is 2.66. The Balaban J connectivity index is 1.14. The first-order chi connectivity index (χ1) is 28.9. The van der Waals surface area contributed by atoms with Gasteiger partial charge >= 0.3 is 0 Å². The van der Waals surface area contributed by atoms with Crippen molar-refractivity contribution in [3.05, 3.63) is 148 Å². The van der Waals surface area contributed by atoms with Crippen LogP contribution in [-0.2, 0) is 24.6 Å². The summed E-state index contributed by atoms with van der Waals surface area (Å²) in [6, 6.07) is 33.6. The maximum absolute atomic E-state index is 15.5. The molecule has 11 nitrogen and oxygen atoms in total. The number of amides is 4. The van der Waals surface area contributed by atoms with Crippen molar-refractivity contribution in [1.82, 2.24) is 0 Å². The molecule has 0 radical (unpaired) electrons. The highest BCUT2D eigenvalue weighted by atomic mass is 79.9. The lowest BCUT2D eigenvalue weighted by molar-refractivity contribution is -0.127. The Morgan fingerprint density at radius 2 is 1.47 bits per heavy atom. The number of anilines is 3. The van der Waals surface area contributed by atoms with Crippen LogP contribution in [0.4, 0.5) is 28.4 Å². The van der Waals surface area contributed by atoms with E-state index in [4.69, 9.17) is 16.3 Å². The molecule has 0 spiro atoms. The third-order valence-electron chi connectivity index (χ3n) is 12.5. The van der Waals surface area contributed by atoms with Crippen molar-refractivity contribution >= 4 is 79.6 Å². The molecule has 4 amide bonds. The fourth-order valence-electron chi connectivity index (χ4n) is 9.91. The smallest absolute Gasteiger partial charge is 0.246 e. The first kappa shape index (κ1) is 39.4. The number of nitrogens with zero attached hydrogens (tertiary/aromatic N) is 5. The van der Waals surface area contributed by atoms with Crippen LogP contribution in [0.15, 0.2) is 142 Å². The van der Waals surface area contributed by atoms with Crippen LogP contribution in [0.25, 0.3) is 0 Å². The van der Waals surface area contributed by atoms with Crippen LogP contribution in [0.3, 0.4) is 0 Å². The molecular formula is C47H39BrClN5O6. The molecule has 0 unspecified atom stereocenters. The number of ether oxygens (including phenoxy) is 1. The second-order valence-corrected chi connectivity index (χ2v) is 17.1. The van der Waals surface area contributed by atoms with Crippen LogP contribution in [0, 0.1) is 23.7 Å². The average molecular weight is 885 g/mol. The quantitative estimate of drug-likeness (QED) is 0.0933. The molecule has 5 aromatic carbocycles. The van der Waals surface area contributed by atoms with Crippen molar-refractivity contribution in [2.75, 3.05) is 35.9 Å². The summed E-state index contributed by atoms with van der Waals surface area (Å²) in [5.41, 5.74) is 3.05. The standard InChI is InChI=1S/C47H39BrClN5O6/c1-52(2)31-16-12-29(13-17-31)50-51-30-14-18-32(19-15-30)53-43(56)35-21-20-34-36(40(35)45(53)58)25-38-44(57)54(33-11-7-10-28(49)24-33)46(59)47(38,26-8-5-4-6-9-26)41(34)37-22-27(48)23-39(60-3)42(37)55/h4-20,22-24,35-36,38,40-41,55H,21,25H2,1-3H3/t35-,36+,38-,40-,41+,47+/m0/s1. The highest BCUT2D eigenvalue weighted by Gasteiger charge is 2.70. The SMILES string of the molecule is COc1cc(Br)cc([C@H]2C3=CC[C@@H]4C(=O)N(c5ccc(N=Nc6ccc(N(C)C)cc6)cc5)C(=O)[C@@H]4[C@@H]3C[C@H]3C(=O)N(c4cccc(Cl)c4)C(=O)[C@@]23c2ccccc2)c1O. The number of phenolic OH excluding ortho intramolecular Hbond substituents is 1. The van der Waals surface area contributed by atoms with E-state index in [1.807, 2.05) is 79.7 Å². The summed E-state index contributed by atoms with van der Waals surface area (Å²) in [4.78, 5) is 64.2. The lowest BCUT2D eigenvalue weighted by Crippen LogP contribution is -2.53. The van der Waals surface area contributed by atoms with Crippen molar-refractivity contribution in [2.45, 2.75) is 24.2 Å². The maximum Gasteiger partial charge on any atom is 0.246 e. The molecule has 1 N–H and O–H groups in total. The first-order valence-electron chi connectivity index (χ1n) is 19.6. The van der Waals surface area contributed by atoms with Gasteiger partial charge < -0.3 is 14.7 Å². The molecule has 2 heterocycles. The van der Waals surface area contributed by atoms with Gasteiger partial charge in [0.2, 0.25) is 23.6 Å². The number of allylic oxidation sites excluding steroid dienone is 2. The van der Waals surface area contributed by atoms with Gasteiger partial charge in [-0.25, -0.2) is 4.90 Å². The average Bonchev–Trinajstić information content (AvgIpc) is 3.64. The van der Waals surface area contributed by atoms with Crippen molar-refractivity contribution in [1.29, 1.82) is 0 Å². The van der Waals surface area contributed by atoms with Gasteiger partial charge in [-0.1, -0.05) is 75.6 Å². The predicted molar refractivity (Wildman–Crippen MR) is 232 cm³/mol. The summed E-state index contributed by atoms with van der Waals surface area (Å²) < 4.78 is 6.20. The second kappa shape index (κ2) is 15.2. The van der Waals surface area contributed by atoms with Crippen LogP contribution in [0.1, 0.15) is 29.9 Å². The second-order valence-electron chi connectivity index (χ2n) is 15.8. The van der Waals surface area contributed by atoms with Gasteiger partial charge in [-0.15, -0.1) is 0 Å². The molecule has 13 heteroatoms. The molecule has 5 aromatic rings. The molecule has 1 saturated carbocycles. The Kier molecular flexibility index (Phi) is 9.95. The largest absolute Gasteiger partial charge is 0.504 e. The summed E-state index contributed by atoms with van der Waals surface area (Å²) >= 11 is 10.0. The Labute approximate surface area is 360 Å². The monoisotopic (exact) mass is 883 g/mol. The summed E-state index contributed by atoms with van der Waals surface area (Å²) in [5.74, 6) is -5.80. The maximum atomic E-state index is 15.5. The molecule has 2 saturated heterocycles. The number of phenols is 1. The van der Waals surface area contributed by atoms with Crippen molar-refractivity contribution in [2.24, 2.45) is 33.9 Å². The third kappa shape index (κ3) is 6.14. The van der Waals surface area contributed by atoms with Gasteiger partial charge in [0.05, 0.1) is 53.0 Å². The lowest BCUT2D eigenvalue weighted by atomic mass is 9.49. The number of hydrogen-bond donors (Lipinski definition) is 1. The molecular weight excluding hydrogens is 846 g/mol. The Morgan fingerprint density at radius 1 is 0.783 bits per heavy atom.